The third-order valence-electron chi connectivity index (χ3n) is 2.03. The lowest BCUT2D eigenvalue weighted by molar-refractivity contribution is -0.137. The van der Waals surface area contributed by atoms with E-state index < -0.39 is 12.0 Å². The van der Waals surface area contributed by atoms with Gasteiger partial charge in [0.05, 0.1) is 12.0 Å². The first kappa shape index (κ1) is 14.4. The zero-order valence-corrected chi connectivity index (χ0v) is 12.8. The average molecular weight is 412 g/mol. The average Bonchev–Trinajstić information content (AvgIpc) is 2.20. The molecule has 2 N–H and O–H groups in total. The number of carbonyl (C=O) groups is 2. The fraction of sp³-hybridized carbons (Fsp3) is 0.273. The minimum atomic E-state index is -0.931. The topological polar surface area (TPSA) is 66.4 Å². The van der Waals surface area contributed by atoms with Crippen LogP contribution in [0.3, 0.4) is 0 Å². The van der Waals surface area contributed by atoms with Crippen molar-refractivity contribution >= 4 is 50.4 Å². The van der Waals surface area contributed by atoms with Gasteiger partial charge in [0.1, 0.15) is 0 Å². The molecule has 0 aromatic heterocycles. The number of hydrogen-bond acceptors (Lipinski definition) is 2. The summed E-state index contributed by atoms with van der Waals surface area (Å²) in [6.07, 6.45) is -0.0900. The van der Waals surface area contributed by atoms with Gasteiger partial charge in [0.15, 0.2) is 0 Å². The SMILES string of the molecule is CC(CC(=O)O)NC(=O)c1cc(I)ccc1Br. The van der Waals surface area contributed by atoms with Crippen LogP contribution in [0, 0.1) is 3.57 Å². The molecule has 1 aromatic rings. The van der Waals surface area contributed by atoms with E-state index in [0.717, 1.165) is 3.57 Å². The van der Waals surface area contributed by atoms with Gasteiger partial charge < -0.3 is 10.4 Å². The lowest BCUT2D eigenvalue weighted by Gasteiger charge is -2.12. The predicted octanol–water partition coefficient (Wildman–Crippen LogP) is 2.65. The molecule has 0 radical (unpaired) electrons. The van der Waals surface area contributed by atoms with Gasteiger partial charge in [-0.2, -0.15) is 0 Å². The Kier molecular flexibility index (Phi) is 5.38. The second kappa shape index (κ2) is 6.34. The number of amides is 1. The smallest absolute Gasteiger partial charge is 0.305 e. The molecule has 1 unspecified atom stereocenters. The van der Waals surface area contributed by atoms with Gasteiger partial charge in [-0.3, -0.25) is 9.59 Å². The highest BCUT2D eigenvalue weighted by atomic mass is 127. The summed E-state index contributed by atoms with van der Waals surface area (Å²) >= 11 is 5.41. The van der Waals surface area contributed by atoms with Crippen molar-refractivity contribution in [2.75, 3.05) is 0 Å². The minimum absolute atomic E-state index is 0.0900. The Hall–Kier alpha value is -0.630. The Labute approximate surface area is 121 Å². The van der Waals surface area contributed by atoms with Crippen molar-refractivity contribution in [2.45, 2.75) is 19.4 Å². The van der Waals surface area contributed by atoms with Crippen molar-refractivity contribution in [3.05, 3.63) is 31.8 Å². The zero-order valence-electron chi connectivity index (χ0n) is 9.04. The Balaban J connectivity index is 2.76. The molecule has 1 amide bonds. The van der Waals surface area contributed by atoms with Gasteiger partial charge in [-0.05, 0) is 63.6 Å². The van der Waals surface area contributed by atoms with Crippen molar-refractivity contribution in [1.29, 1.82) is 0 Å². The van der Waals surface area contributed by atoms with Gasteiger partial charge in [0, 0.05) is 14.1 Å². The summed E-state index contributed by atoms with van der Waals surface area (Å²) in [6, 6.07) is 5.01. The Bertz CT molecular complexity index is 450. The van der Waals surface area contributed by atoms with Crippen molar-refractivity contribution in [3.63, 3.8) is 0 Å². The van der Waals surface area contributed by atoms with Crippen LogP contribution < -0.4 is 5.32 Å². The van der Waals surface area contributed by atoms with Crippen LogP contribution in [0.5, 0.6) is 0 Å². The fourth-order valence-electron chi connectivity index (χ4n) is 1.29. The fourth-order valence-corrected chi connectivity index (χ4v) is 2.20. The number of rotatable bonds is 4. The lowest BCUT2D eigenvalue weighted by atomic mass is 10.2. The second-order valence-electron chi connectivity index (χ2n) is 3.60. The first-order valence-electron chi connectivity index (χ1n) is 4.88. The summed E-state index contributed by atoms with van der Waals surface area (Å²) in [4.78, 5) is 22.4. The number of carboxylic acid groups (broad SMARTS) is 1. The van der Waals surface area contributed by atoms with Gasteiger partial charge in [-0.1, -0.05) is 0 Å². The van der Waals surface area contributed by atoms with E-state index in [4.69, 9.17) is 5.11 Å². The minimum Gasteiger partial charge on any atom is -0.481 e. The van der Waals surface area contributed by atoms with E-state index in [1.807, 2.05) is 6.07 Å². The summed E-state index contributed by atoms with van der Waals surface area (Å²) in [5, 5.41) is 11.2. The Morgan fingerprint density at radius 3 is 2.76 bits per heavy atom. The monoisotopic (exact) mass is 411 g/mol. The molecule has 0 spiro atoms. The van der Waals surface area contributed by atoms with E-state index in [9.17, 15) is 9.59 Å². The van der Waals surface area contributed by atoms with Crippen molar-refractivity contribution in [1.82, 2.24) is 5.32 Å². The van der Waals surface area contributed by atoms with E-state index in [-0.39, 0.29) is 12.3 Å². The van der Waals surface area contributed by atoms with Crippen LogP contribution >= 0.6 is 38.5 Å². The Morgan fingerprint density at radius 2 is 2.18 bits per heavy atom. The molecule has 0 heterocycles. The number of carboxylic acids is 1. The van der Waals surface area contributed by atoms with Gasteiger partial charge in [-0.15, -0.1) is 0 Å². The normalized spacial score (nSPS) is 11.9. The zero-order chi connectivity index (χ0) is 13.0. The molecule has 1 atom stereocenters. The van der Waals surface area contributed by atoms with Crippen molar-refractivity contribution in [3.8, 4) is 0 Å². The molecular weight excluding hydrogens is 401 g/mol. The number of halogens is 2. The van der Waals surface area contributed by atoms with Crippen molar-refractivity contribution < 1.29 is 14.7 Å². The molecule has 6 heteroatoms. The van der Waals surface area contributed by atoms with Crippen LogP contribution in [-0.2, 0) is 4.79 Å². The van der Waals surface area contributed by atoms with Gasteiger partial charge in [0.2, 0.25) is 0 Å². The third kappa shape index (κ3) is 4.63. The summed E-state index contributed by atoms with van der Waals surface area (Å²) in [5.41, 5.74) is 0.508. The second-order valence-corrected chi connectivity index (χ2v) is 5.70. The molecule has 0 fully saturated rings. The molecule has 0 saturated carbocycles. The van der Waals surface area contributed by atoms with Gasteiger partial charge >= 0.3 is 5.97 Å². The van der Waals surface area contributed by atoms with Gasteiger partial charge in [-0.25, -0.2) is 0 Å². The molecule has 0 saturated heterocycles. The largest absolute Gasteiger partial charge is 0.481 e. The summed E-state index contributed by atoms with van der Waals surface area (Å²) in [5.74, 6) is -1.20. The quantitative estimate of drug-likeness (QED) is 0.748. The molecule has 17 heavy (non-hydrogen) atoms. The first-order valence-corrected chi connectivity index (χ1v) is 6.75. The summed E-state index contributed by atoms with van der Waals surface area (Å²) < 4.78 is 1.64. The standard InChI is InChI=1S/C11H11BrINO3/c1-6(4-10(15)16)14-11(17)8-5-7(13)2-3-9(8)12/h2-3,5-6H,4H2,1H3,(H,14,17)(H,15,16). The van der Waals surface area contributed by atoms with E-state index in [0.29, 0.717) is 10.0 Å². The highest BCUT2D eigenvalue weighted by molar-refractivity contribution is 14.1. The molecular formula is C11H11BrINO3. The number of nitrogens with one attached hydrogen (secondary N) is 1. The van der Waals surface area contributed by atoms with Gasteiger partial charge in [0.25, 0.3) is 5.91 Å². The summed E-state index contributed by atoms with van der Waals surface area (Å²) in [6.45, 7) is 1.66. The molecule has 0 aliphatic carbocycles. The van der Waals surface area contributed by atoms with Crippen LogP contribution in [0.25, 0.3) is 0 Å². The van der Waals surface area contributed by atoms with Crippen LogP contribution in [0.1, 0.15) is 23.7 Å². The molecule has 1 rings (SSSR count). The highest BCUT2D eigenvalue weighted by Crippen LogP contribution is 2.19. The number of aliphatic carboxylic acids is 1. The predicted molar refractivity (Wildman–Crippen MR) is 76.0 cm³/mol. The van der Waals surface area contributed by atoms with E-state index in [1.54, 1.807) is 19.1 Å². The number of hydrogen-bond donors (Lipinski definition) is 2. The van der Waals surface area contributed by atoms with E-state index in [1.165, 1.54) is 0 Å². The number of carbonyl (C=O) groups excluding carboxylic acids is 1. The molecule has 0 bridgehead atoms. The van der Waals surface area contributed by atoms with Crippen LogP contribution in [0.2, 0.25) is 0 Å². The third-order valence-corrected chi connectivity index (χ3v) is 3.39. The molecule has 92 valence electrons. The maximum Gasteiger partial charge on any atom is 0.305 e. The first-order chi connectivity index (χ1) is 7.90. The lowest BCUT2D eigenvalue weighted by Crippen LogP contribution is -2.34. The molecule has 1 aromatic carbocycles. The van der Waals surface area contributed by atoms with Crippen LogP contribution in [0.15, 0.2) is 22.7 Å². The maximum absolute atomic E-state index is 11.9. The van der Waals surface area contributed by atoms with Crippen molar-refractivity contribution in [2.24, 2.45) is 0 Å². The van der Waals surface area contributed by atoms with Crippen LogP contribution in [0.4, 0.5) is 0 Å². The summed E-state index contributed by atoms with van der Waals surface area (Å²) in [7, 11) is 0. The van der Waals surface area contributed by atoms with E-state index >= 15 is 0 Å². The Morgan fingerprint density at radius 1 is 1.53 bits per heavy atom. The molecule has 0 aliphatic heterocycles. The number of benzene rings is 1. The maximum atomic E-state index is 11.9. The molecule has 0 aliphatic rings. The van der Waals surface area contributed by atoms with Crippen LogP contribution in [-0.4, -0.2) is 23.0 Å². The van der Waals surface area contributed by atoms with E-state index in [2.05, 4.69) is 43.8 Å². The highest BCUT2D eigenvalue weighted by Gasteiger charge is 2.14. The molecule has 4 nitrogen and oxygen atoms in total.